The van der Waals surface area contributed by atoms with E-state index < -0.39 is 0 Å². The van der Waals surface area contributed by atoms with Crippen LogP contribution in [-0.2, 0) is 0 Å². The molecule has 5 heteroatoms. The van der Waals surface area contributed by atoms with Crippen molar-refractivity contribution in [3.8, 4) is 0 Å². The number of nitrogens with zero attached hydrogens (tertiary/aromatic N) is 3. The molecule has 1 heterocycles. The minimum Gasteiger partial charge on any atom is -0.370 e. The van der Waals surface area contributed by atoms with Gasteiger partial charge in [0.1, 0.15) is 17.3 Å². The number of rotatable bonds is 5. The van der Waals surface area contributed by atoms with E-state index in [-0.39, 0.29) is 5.91 Å². The van der Waals surface area contributed by atoms with Gasteiger partial charge in [-0.25, -0.2) is 9.97 Å². The molecule has 0 aliphatic heterocycles. The third-order valence-corrected chi connectivity index (χ3v) is 3.20. The van der Waals surface area contributed by atoms with Crippen LogP contribution in [0.4, 0.5) is 11.5 Å². The minimum absolute atomic E-state index is 0.149. The first-order valence-corrected chi connectivity index (χ1v) is 7.40. The van der Waals surface area contributed by atoms with E-state index in [0.29, 0.717) is 23.3 Å². The van der Waals surface area contributed by atoms with Crippen LogP contribution >= 0.6 is 0 Å². The van der Waals surface area contributed by atoms with Crippen LogP contribution in [0.15, 0.2) is 36.4 Å². The largest absolute Gasteiger partial charge is 0.370 e. The fraction of sp³-hybridized carbons (Fsp3) is 0.353. The van der Waals surface area contributed by atoms with Crippen molar-refractivity contribution in [3.63, 3.8) is 0 Å². The molecule has 0 saturated carbocycles. The monoisotopic (exact) mass is 298 g/mol. The maximum Gasteiger partial charge on any atom is 0.276 e. The van der Waals surface area contributed by atoms with E-state index in [1.54, 1.807) is 24.9 Å². The molecule has 1 aromatic heterocycles. The molecule has 0 atom stereocenters. The Morgan fingerprint density at radius 1 is 1.23 bits per heavy atom. The number of amides is 1. The molecule has 0 saturated heterocycles. The number of anilines is 2. The molecule has 0 spiro atoms. The second-order valence-electron chi connectivity index (χ2n) is 5.66. The lowest BCUT2D eigenvalue weighted by molar-refractivity contribution is 0.0988. The molecular weight excluding hydrogens is 276 g/mol. The van der Waals surface area contributed by atoms with Gasteiger partial charge in [-0.1, -0.05) is 32.0 Å². The fourth-order valence-corrected chi connectivity index (χ4v) is 2.02. The van der Waals surface area contributed by atoms with Crippen LogP contribution in [0.3, 0.4) is 0 Å². The first-order chi connectivity index (χ1) is 10.5. The third-order valence-electron chi connectivity index (χ3n) is 3.20. The van der Waals surface area contributed by atoms with Crippen LogP contribution in [0.5, 0.6) is 0 Å². The lowest BCUT2D eigenvalue weighted by atomic mass is 10.2. The van der Waals surface area contributed by atoms with E-state index in [2.05, 4.69) is 29.1 Å². The summed E-state index contributed by atoms with van der Waals surface area (Å²) in [7, 11) is 1.75. The molecular formula is C17H22N4O. The predicted molar refractivity (Wildman–Crippen MR) is 89.3 cm³/mol. The molecule has 116 valence electrons. The van der Waals surface area contributed by atoms with Crippen LogP contribution in [0.25, 0.3) is 0 Å². The average molecular weight is 298 g/mol. The van der Waals surface area contributed by atoms with Gasteiger partial charge in [0.15, 0.2) is 0 Å². The molecule has 0 aliphatic carbocycles. The second kappa shape index (κ2) is 7.02. The van der Waals surface area contributed by atoms with E-state index in [0.717, 1.165) is 12.2 Å². The van der Waals surface area contributed by atoms with E-state index >= 15 is 0 Å². The van der Waals surface area contributed by atoms with Gasteiger partial charge >= 0.3 is 0 Å². The van der Waals surface area contributed by atoms with Gasteiger partial charge in [-0.2, -0.15) is 0 Å². The first kappa shape index (κ1) is 15.9. The van der Waals surface area contributed by atoms with Gasteiger partial charge in [-0.05, 0) is 25.0 Å². The number of hydrogen-bond acceptors (Lipinski definition) is 4. The predicted octanol–water partition coefficient (Wildman–Crippen LogP) is 3.13. The van der Waals surface area contributed by atoms with E-state index in [1.807, 2.05) is 30.3 Å². The zero-order valence-corrected chi connectivity index (χ0v) is 13.5. The SMILES string of the molecule is Cc1nc(NCC(C)C)cc(C(=O)N(C)c2ccccc2)n1. The standard InChI is InChI=1S/C17H22N4O/c1-12(2)11-18-16-10-15(19-13(3)20-16)17(22)21(4)14-8-6-5-7-9-14/h5-10,12H,11H2,1-4H3,(H,18,19,20). The molecule has 22 heavy (non-hydrogen) atoms. The summed E-state index contributed by atoms with van der Waals surface area (Å²) >= 11 is 0. The smallest absolute Gasteiger partial charge is 0.276 e. The Morgan fingerprint density at radius 3 is 2.55 bits per heavy atom. The van der Waals surface area contributed by atoms with Crippen molar-refractivity contribution in [2.45, 2.75) is 20.8 Å². The highest BCUT2D eigenvalue weighted by Crippen LogP contribution is 2.15. The molecule has 0 radical (unpaired) electrons. The van der Waals surface area contributed by atoms with Crippen LogP contribution in [0.1, 0.15) is 30.2 Å². The quantitative estimate of drug-likeness (QED) is 0.921. The normalized spacial score (nSPS) is 10.6. The molecule has 1 amide bonds. The van der Waals surface area contributed by atoms with Gasteiger partial charge in [-0.15, -0.1) is 0 Å². The summed E-state index contributed by atoms with van der Waals surface area (Å²) in [6.07, 6.45) is 0. The van der Waals surface area contributed by atoms with Crippen molar-refractivity contribution >= 4 is 17.4 Å². The zero-order valence-electron chi connectivity index (χ0n) is 13.5. The highest BCUT2D eigenvalue weighted by Gasteiger charge is 2.16. The summed E-state index contributed by atoms with van der Waals surface area (Å²) in [4.78, 5) is 22.8. The lowest BCUT2D eigenvalue weighted by Crippen LogP contribution is -2.27. The lowest BCUT2D eigenvalue weighted by Gasteiger charge is -2.17. The number of carbonyl (C=O) groups excluding carboxylic acids is 1. The Morgan fingerprint density at radius 2 is 1.91 bits per heavy atom. The van der Waals surface area contributed by atoms with Crippen molar-refractivity contribution in [2.75, 3.05) is 23.8 Å². The van der Waals surface area contributed by atoms with Crippen LogP contribution in [-0.4, -0.2) is 29.5 Å². The summed E-state index contributed by atoms with van der Waals surface area (Å²) < 4.78 is 0. The van der Waals surface area contributed by atoms with Crippen molar-refractivity contribution in [1.82, 2.24) is 9.97 Å². The van der Waals surface area contributed by atoms with Crippen LogP contribution in [0, 0.1) is 12.8 Å². The van der Waals surface area contributed by atoms with Crippen LogP contribution < -0.4 is 10.2 Å². The van der Waals surface area contributed by atoms with Gasteiger partial charge in [-0.3, -0.25) is 4.79 Å². The second-order valence-corrected chi connectivity index (χ2v) is 5.66. The van der Waals surface area contributed by atoms with Crippen LogP contribution in [0.2, 0.25) is 0 Å². The molecule has 0 bridgehead atoms. The molecule has 0 aliphatic rings. The third kappa shape index (κ3) is 4.04. The Bertz CT molecular complexity index is 640. The van der Waals surface area contributed by atoms with Gasteiger partial charge in [0.25, 0.3) is 5.91 Å². The Kier molecular flexibility index (Phi) is 5.09. The number of aryl methyl sites for hydroxylation is 1. The van der Waals surface area contributed by atoms with Gasteiger partial charge in [0.2, 0.25) is 0 Å². The fourth-order valence-electron chi connectivity index (χ4n) is 2.02. The highest BCUT2D eigenvalue weighted by molar-refractivity contribution is 6.04. The zero-order chi connectivity index (χ0) is 16.1. The number of benzene rings is 1. The maximum absolute atomic E-state index is 12.6. The molecule has 0 fully saturated rings. The number of carbonyl (C=O) groups is 1. The van der Waals surface area contributed by atoms with E-state index in [4.69, 9.17) is 0 Å². The van der Waals surface area contributed by atoms with Gasteiger partial charge in [0, 0.05) is 25.3 Å². The van der Waals surface area contributed by atoms with Crippen molar-refractivity contribution in [2.24, 2.45) is 5.92 Å². The molecule has 2 rings (SSSR count). The number of aromatic nitrogens is 2. The summed E-state index contributed by atoms with van der Waals surface area (Å²) in [5.74, 6) is 1.62. The highest BCUT2D eigenvalue weighted by atomic mass is 16.2. The van der Waals surface area contributed by atoms with Crippen molar-refractivity contribution in [1.29, 1.82) is 0 Å². The molecule has 5 nitrogen and oxygen atoms in total. The average Bonchev–Trinajstić information content (AvgIpc) is 2.52. The van der Waals surface area contributed by atoms with Gasteiger partial charge < -0.3 is 10.2 Å². The number of para-hydroxylation sites is 1. The van der Waals surface area contributed by atoms with Crippen molar-refractivity contribution < 1.29 is 4.79 Å². The summed E-state index contributed by atoms with van der Waals surface area (Å²) in [6.45, 7) is 6.84. The minimum atomic E-state index is -0.149. The van der Waals surface area contributed by atoms with Gasteiger partial charge in [0.05, 0.1) is 0 Å². The Balaban J connectivity index is 2.22. The maximum atomic E-state index is 12.6. The number of nitrogens with one attached hydrogen (secondary N) is 1. The molecule has 1 aromatic carbocycles. The molecule has 2 aromatic rings. The summed E-state index contributed by atoms with van der Waals surface area (Å²) in [5.41, 5.74) is 1.23. The molecule has 1 N–H and O–H groups in total. The topological polar surface area (TPSA) is 58.1 Å². The molecule has 0 unspecified atom stereocenters. The first-order valence-electron chi connectivity index (χ1n) is 7.40. The Hall–Kier alpha value is -2.43. The number of hydrogen-bond donors (Lipinski definition) is 1. The van der Waals surface area contributed by atoms with E-state index in [1.165, 1.54) is 0 Å². The summed E-state index contributed by atoms with van der Waals surface area (Å²) in [5, 5.41) is 3.24. The van der Waals surface area contributed by atoms with E-state index in [9.17, 15) is 4.79 Å². The summed E-state index contributed by atoms with van der Waals surface area (Å²) in [6, 6.07) is 11.2. The van der Waals surface area contributed by atoms with Crippen molar-refractivity contribution in [3.05, 3.63) is 47.9 Å². The Labute approximate surface area is 131 Å².